The molecule has 4 aromatic carbocycles. The van der Waals surface area contributed by atoms with Gasteiger partial charge in [-0.3, -0.25) is 5.22 Å². The molecule has 4 heteroatoms. The second-order valence-electron chi connectivity index (χ2n) is 14.4. The van der Waals surface area contributed by atoms with Gasteiger partial charge in [0.05, 0.1) is 0 Å². The van der Waals surface area contributed by atoms with Crippen LogP contribution >= 0.6 is 0 Å². The van der Waals surface area contributed by atoms with Gasteiger partial charge in [-0.1, -0.05) is 156 Å². The van der Waals surface area contributed by atoms with Gasteiger partial charge in [-0.05, 0) is 103 Å². The van der Waals surface area contributed by atoms with E-state index in [1.807, 2.05) is 12.1 Å². The molecule has 46 heavy (non-hydrogen) atoms. The van der Waals surface area contributed by atoms with Crippen molar-refractivity contribution in [2.75, 3.05) is 0 Å². The van der Waals surface area contributed by atoms with Gasteiger partial charge >= 0.3 is 51.4 Å². The Balaban J connectivity index is 0.00000576. The molecule has 0 atom stereocenters. The van der Waals surface area contributed by atoms with E-state index in [-0.39, 0.29) is 51.4 Å². The van der Waals surface area contributed by atoms with Crippen LogP contribution in [0.2, 0.25) is 0 Å². The maximum atomic E-state index is 4.78. The molecular formula is C42H54KN3. The van der Waals surface area contributed by atoms with Gasteiger partial charge in [0.1, 0.15) is 0 Å². The van der Waals surface area contributed by atoms with Gasteiger partial charge in [-0.2, -0.15) is 0 Å². The Bertz CT molecular complexity index is 1580. The smallest absolute Gasteiger partial charge is 0.350 e. The summed E-state index contributed by atoms with van der Waals surface area (Å²) in [5.74, 6) is 2.46. The first-order valence-electron chi connectivity index (χ1n) is 17.0. The minimum Gasteiger partial charge on any atom is -0.350 e. The molecule has 4 rings (SSSR count). The van der Waals surface area contributed by atoms with E-state index in [9.17, 15) is 0 Å². The molecular weight excluding hydrogens is 586 g/mol. The van der Waals surface area contributed by atoms with Crippen LogP contribution in [0.15, 0.2) is 83.1 Å². The molecule has 0 bridgehead atoms. The molecule has 0 amide bonds. The van der Waals surface area contributed by atoms with Crippen LogP contribution in [0.5, 0.6) is 0 Å². The molecule has 238 valence electrons. The van der Waals surface area contributed by atoms with Crippen LogP contribution in [0, 0.1) is 0 Å². The van der Waals surface area contributed by atoms with Gasteiger partial charge in [0.25, 0.3) is 0 Å². The van der Waals surface area contributed by atoms with Crippen molar-refractivity contribution in [2.45, 2.75) is 119 Å². The Kier molecular flexibility index (Phi) is 14.0. The number of benzene rings is 4. The third-order valence-corrected chi connectivity index (χ3v) is 8.92. The molecule has 3 nitrogen and oxygen atoms in total. The summed E-state index contributed by atoms with van der Waals surface area (Å²) in [6, 6.07) is 26.4. The SMILES string of the molecule is CC(C)c1cc(C(C)C)c(-c2ccccc2N=N[N-]c2ccccc2-c2c(C(C)C)cc(C(C)C)cc2C(C)C)c(C(C)C)c1.[K+]. The van der Waals surface area contributed by atoms with Gasteiger partial charge in [0.15, 0.2) is 0 Å². The van der Waals surface area contributed by atoms with Crippen molar-refractivity contribution in [1.29, 1.82) is 0 Å². The third kappa shape index (κ3) is 8.68. The summed E-state index contributed by atoms with van der Waals surface area (Å²) in [4.78, 5) is 0. The minimum atomic E-state index is 0. The van der Waals surface area contributed by atoms with E-state index < -0.39 is 0 Å². The Morgan fingerprint density at radius 1 is 0.457 bits per heavy atom. The topological polar surface area (TPSA) is 38.8 Å². The maximum absolute atomic E-state index is 4.78. The van der Waals surface area contributed by atoms with Crippen molar-refractivity contribution in [3.8, 4) is 22.3 Å². The van der Waals surface area contributed by atoms with E-state index in [1.165, 1.54) is 44.5 Å². The van der Waals surface area contributed by atoms with Crippen LogP contribution in [0.4, 0.5) is 11.4 Å². The molecule has 0 fully saturated rings. The third-order valence-electron chi connectivity index (χ3n) is 8.92. The molecule has 4 aromatic rings. The van der Waals surface area contributed by atoms with Gasteiger partial charge in [-0.25, -0.2) is 0 Å². The first-order chi connectivity index (χ1) is 21.3. The zero-order chi connectivity index (χ0) is 33.0. The molecule has 0 aliphatic carbocycles. The van der Waals surface area contributed by atoms with E-state index in [1.54, 1.807) is 0 Å². The second-order valence-corrected chi connectivity index (χ2v) is 14.4. The summed E-state index contributed by atoms with van der Waals surface area (Å²) in [7, 11) is 0. The summed E-state index contributed by atoms with van der Waals surface area (Å²) in [6.07, 6.45) is 0. The zero-order valence-corrected chi connectivity index (χ0v) is 33.9. The first kappa shape index (κ1) is 38.4. The quantitative estimate of drug-likeness (QED) is 0.0890. The summed E-state index contributed by atoms with van der Waals surface area (Å²) < 4.78 is 0. The van der Waals surface area contributed by atoms with Crippen molar-refractivity contribution in [1.82, 2.24) is 0 Å². The van der Waals surface area contributed by atoms with Gasteiger partial charge in [-0.15, -0.1) is 0 Å². The number of rotatable bonds is 11. The van der Waals surface area contributed by atoms with Crippen molar-refractivity contribution in [3.63, 3.8) is 0 Å². The Labute approximate surface area is 322 Å². The van der Waals surface area contributed by atoms with E-state index in [2.05, 4.69) is 149 Å². The van der Waals surface area contributed by atoms with Gasteiger partial charge < -0.3 is 10.5 Å². The molecule has 0 saturated carbocycles. The summed E-state index contributed by atoms with van der Waals surface area (Å²) in [6.45, 7) is 27.4. The van der Waals surface area contributed by atoms with Gasteiger partial charge in [0.2, 0.25) is 0 Å². The molecule has 0 N–H and O–H groups in total. The average Bonchev–Trinajstić information content (AvgIpc) is 3.00. The fourth-order valence-electron chi connectivity index (χ4n) is 6.20. The van der Waals surface area contributed by atoms with Crippen LogP contribution in [0.25, 0.3) is 27.7 Å². The van der Waals surface area contributed by atoms with E-state index in [0.29, 0.717) is 35.5 Å². The van der Waals surface area contributed by atoms with Crippen molar-refractivity contribution < 1.29 is 51.4 Å². The van der Waals surface area contributed by atoms with Crippen LogP contribution in [0.1, 0.15) is 152 Å². The van der Waals surface area contributed by atoms with Crippen LogP contribution in [-0.2, 0) is 0 Å². The zero-order valence-electron chi connectivity index (χ0n) is 30.7. The van der Waals surface area contributed by atoms with Crippen LogP contribution in [-0.4, -0.2) is 0 Å². The van der Waals surface area contributed by atoms with Crippen LogP contribution < -0.4 is 51.4 Å². The largest absolute Gasteiger partial charge is 1.00 e. The normalized spacial score (nSPS) is 12.0. The minimum absolute atomic E-state index is 0. The second kappa shape index (κ2) is 16.8. The number of nitrogens with zero attached hydrogens (tertiary/aromatic N) is 3. The predicted molar refractivity (Wildman–Crippen MR) is 196 cm³/mol. The molecule has 0 spiro atoms. The van der Waals surface area contributed by atoms with E-state index in [4.69, 9.17) is 10.5 Å². The first-order valence-corrected chi connectivity index (χ1v) is 17.0. The van der Waals surface area contributed by atoms with E-state index >= 15 is 0 Å². The summed E-state index contributed by atoms with van der Waals surface area (Å²) >= 11 is 0. The molecule has 0 heterocycles. The van der Waals surface area contributed by atoms with Crippen molar-refractivity contribution >= 4 is 11.4 Å². The van der Waals surface area contributed by atoms with Gasteiger partial charge in [0, 0.05) is 0 Å². The standard InChI is InChI=1S/C42H54N3.K/c1-25(2)31-21-35(27(5)6)41(36(22-31)28(7)8)33-17-13-15-19-39(33)43-45-44-40-20-16-14-18-34(40)42-37(29(9)10)23-32(26(3)4)24-38(42)30(11)12;/h13-30H,1-12H3;/q-1;+1. The fraction of sp³-hybridized carbons (Fsp3) is 0.429. The Hall–Kier alpha value is -2.08. The Morgan fingerprint density at radius 3 is 1.24 bits per heavy atom. The molecule has 0 aromatic heterocycles. The molecule has 0 aliphatic heterocycles. The van der Waals surface area contributed by atoms with Crippen LogP contribution in [0.3, 0.4) is 0 Å². The predicted octanol–water partition coefficient (Wildman–Crippen LogP) is 11.5. The number of hydrogen-bond donors (Lipinski definition) is 0. The monoisotopic (exact) mass is 639 g/mol. The molecule has 0 unspecified atom stereocenters. The molecule has 0 aliphatic rings. The summed E-state index contributed by atoms with van der Waals surface area (Å²) in [5.41, 5.74) is 19.5. The fourth-order valence-corrected chi connectivity index (χ4v) is 6.20. The van der Waals surface area contributed by atoms with Crippen molar-refractivity contribution in [2.24, 2.45) is 10.3 Å². The summed E-state index contributed by atoms with van der Waals surface area (Å²) in [5, 5.41) is 9.31. The maximum Gasteiger partial charge on any atom is 1.00 e. The average molecular weight is 640 g/mol. The number of hydrogen-bond acceptors (Lipinski definition) is 2. The molecule has 0 saturated heterocycles. The Morgan fingerprint density at radius 2 is 0.826 bits per heavy atom. The molecule has 0 radical (unpaired) electrons. The van der Waals surface area contributed by atoms with E-state index in [0.717, 1.165) is 22.5 Å². The van der Waals surface area contributed by atoms with Crippen molar-refractivity contribution in [3.05, 3.63) is 112 Å².